The van der Waals surface area contributed by atoms with E-state index >= 15 is 0 Å². The Labute approximate surface area is 164 Å². The second kappa shape index (κ2) is 5.78. The van der Waals surface area contributed by atoms with Gasteiger partial charge in [0.1, 0.15) is 29.0 Å². The molecule has 0 radical (unpaired) electrons. The van der Waals surface area contributed by atoms with Gasteiger partial charge in [0.05, 0.1) is 10.6 Å². The summed E-state index contributed by atoms with van der Waals surface area (Å²) >= 11 is 1.29. The Morgan fingerprint density at radius 2 is 2.07 bits per heavy atom. The number of furan rings is 1. The van der Waals surface area contributed by atoms with Crippen LogP contribution in [0.5, 0.6) is 5.75 Å². The standard InChI is InChI=1S/C21H18N2O4S/c1-11-8-9-13(26-11)10-16-19(25)23-18-14-6-4-5-7-15(14)27-21(3,17(18)12(2)24)22-20(23)28-16/h4-10,17-18H,1-3H3/b16-10-/t17-,18+,21-/m1/s1. The normalized spacial score (nSPS) is 25.5. The average molecular weight is 394 g/mol. The number of nitrogens with zero attached hydrogens (tertiary/aromatic N) is 2. The second-order valence-corrected chi connectivity index (χ2v) is 8.37. The third-order valence-corrected chi connectivity index (χ3v) is 6.34. The Morgan fingerprint density at radius 1 is 1.29 bits per heavy atom. The van der Waals surface area contributed by atoms with E-state index in [2.05, 4.69) is 0 Å². The van der Waals surface area contributed by atoms with Crippen LogP contribution in [0.3, 0.4) is 0 Å². The predicted molar refractivity (Wildman–Crippen MR) is 104 cm³/mol. The van der Waals surface area contributed by atoms with Crippen molar-refractivity contribution in [2.24, 2.45) is 10.9 Å². The zero-order valence-electron chi connectivity index (χ0n) is 15.6. The summed E-state index contributed by atoms with van der Waals surface area (Å²) in [5.74, 6) is 1.43. The van der Waals surface area contributed by atoms with Crippen molar-refractivity contribution in [2.75, 3.05) is 0 Å². The fraction of sp³-hybridized carbons (Fsp3) is 0.286. The second-order valence-electron chi connectivity index (χ2n) is 7.36. The SMILES string of the molecule is CC(=O)[C@@H]1[C@@H]2c3ccccc3O[C@@]1(C)N=c1s/c(=C\c3ccc(C)o3)c(=O)n12. The van der Waals surface area contributed by atoms with Crippen molar-refractivity contribution in [3.8, 4) is 5.75 Å². The fourth-order valence-corrected chi connectivity index (χ4v) is 5.30. The smallest absolute Gasteiger partial charge is 0.271 e. The van der Waals surface area contributed by atoms with E-state index in [1.165, 1.54) is 18.3 Å². The van der Waals surface area contributed by atoms with Gasteiger partial charge in [-0.05, 0) is 39.0 Å². The van der Waals surface area contributed by atoms with Crippen LogP contribution in [-0.4, -0.2) is 16.1 Å². The van der Waals surface area contributed by atoms with Crippen LogP contribution in [0.4, 0.5) is 0 Å². The number of para-hydroxylation sites is 1. The minimum Gasteiger partial charge on any atom is -0.465 e. The average Bonchev–Trinajstić information content (AvgIpc) is 3.16. The predicted octanol–water partition coefficient (Wildman–Crippen LogP) is 2.18. The number of hydrogen-bond donors (Lipinski definition) is 0. The molecule has 0 saturated heterocycles. The number of aryl methyl sites for hydroxylation is 1. The zero-order chi connectivity index (χ0) is 19.6. The maximum absolute atomic E-state index is 13.3. The molecule has 142 valence electrons. The van der Waals surface area contributed by atoms with E-state index in [1.807, 2.05) is 50.2 Å². The highest BCUT2D eigenvalue weighted by Gasteiger charge is 2.53. The Balaban J connectivity index is 1.82. The number of rotatable bonds is 2. The molecule has 1 aromatic carbocycles. The molecule has 4 heterocycles. The van der Waals surface area contributed by atoms with Gasteiger partial charge < -0.3 is 9.15 Å². The van der Waals surface area contributed by atoms with Crippen molar-refractivity contribution in [1.29, 1.82) is 0 Å². The van der Waals surface area contributed by atoms with Gasteiger partial charge >= 0.3 is 0 Å². The summed E-state index contributed by atoms with van der Waals surface area (Å²) < 4.78 is 13.9. The number of aromatic nitrogens is 1. The van der Waals surface area contributed by atoms with Gasteiger partial charge in [0.2, 0.25) is 5.72 Å². The molecule has 2 bridgehead atoms. The van der Waals surface area contributed by atoms with Crippen molar-refractivity contribution in [3.63, 3.8) is 0 Å². The summed E-state index contributed by atoms with van der Waals surface area (Å²) in [6.45, 7) is 5.20. The maximum atomic E-state index is 13.3. The van der Waals surface area contributed by atoms with Crippen molar-refractivity contribution < 1.29 is 13.9 Å². The van der Waals surface area contributed by atoms with E-state index in [4.69, 9.17) is 14.1 Å². The summed E-state index contributed by atoms with van der Waals surface area (Å²) in [7, 11) is 0. The molecule has 2 aliphatic rings. The van der Waals surface area contributed by atoms with Crippen LogP contribution in [0, 0.1) is 12.8 Å². The lowest BCUT2D eigenvalue weighted by molar-refractivity contribution is -0.132. The van der Waals surface area contributed by atoms with Gasteiger partial charge in [-0.25, -0.2) is 4.99 Å². The molecule has 5 rings (SSSR count). The highest BCUT2D eigenvalue weighted by Crippen LogP contribution is 2.47. The molecule has 0 unspecified atom stereocenters. The number of thiazole rings is 1. The van der Waals surface area contributed by atoms with Crippen LogP contribution in [0.25, 0.3) is 6.08 Å². The molecule has 0 spiro atoms. The Kier molecular flexibility index (Phi) is 3.55. The zero-order valence-corrected chi connectivity index (χ0v) is 16.4. The van der Waals surface area contributed by atoms with Crippen molar-refractivity contribution >= 4 is 23.2 Å². The van der Waals surface area contributed by atoms with E-state index in [-0.39, 0.29) is 11.3 Å². The number of benzene rings is 1. The molecule has 2 aliphatic heterocycles. The summed E-state index contributed by atoms with van der Waals surface area (Å²) in [5, 5.41) is 0. The van der Waals surface area contributed by atoms with Crippen molar-refractivity contribution in [1.82, 2.24) is 4.57 Å². The molecular formula is C21H18N2O4S. The number of ether oxygens (including phenoxy) is 1. The lowest BCUT2D eigenvalue weighted by Crippen LogP contribution is -2.58. The van der Waals surface area contributed by atoms with Crippen LogP contribution in [0.1, 0.15) is 37.0 Å². The first-order chi connectivity index (χ1) is 13.4. The van der Waals surface area contributed by atoms with Gasteiger partial charge in [0.25, 0.3) is 5.56 Å². The van der Waals surface area contributed by atoms with Gasteiger partial charge in [-0.15, -0.1) is 0 Å². The molecular weight excluding hydrogens is 376 g/mol. The number of hydrogen-bond acceptors (Lipinski definition) is 6. The highest BCUT2D eigenvalue weighted by atomic mass is 32.1. The molecule has 0 amide bonds. The van der Waals surface area contributed by atoms with Gasteiger partial charge in [-0.1, -0.05) is 29.5 Å². The molecule has 6 nitrogen and oxygen atoms in total. The Bertz CT molecular complexity index is 1300. The largest absolute Gasteiger partial charge is 0.465 e. The number of Topliss-reactive ketones (excluding diaryl/α,β-unsaturated/α-hetero) is 1. The van der Waals surface area contributed by atoms with Crippen molar-refractivity contribution in [2.45, 2.75) is 32.5 Å². The van der Waals surface area contributed by atoms with Crippen molar-refractivity contribution in [3.05, 3.63) is 73.2 Å². The van der Waals surface area contributed by atoms with Crippen LogP contribution in [-0.2, 0) is 4.79 Å². The molecule has 7 heteroatoms. The Morgan fingerprint density at radius 3 is 2.79 bits per heavy atom. The molecule has 2 aromatic heterocycles. The molecule has 0 saturated carbocycles. The monoisotopic (exact) mass is 394 g/mol. The van der Waals surface area contributed by atoms with E-state index in [0.717, 1.165) is 11.3 Å². The van der Waals surface area contributed by atoms with Gasteiger partial charge in [0.15, 0.2) is 4.80 Å². The Hall–Kier alpha value is -2.93. The lowest BCUT2D eigenvalue weighted by Gasteiger charge is -2.45. The molecule has 28 heavy (non-hydrogen) atoms. The first-order valence-corrected chi connectivity index (χ1v) is 9.87. The summed E-state index contributed by atoms with van der Waals surface area (Å²) in [5.41, 5.74) is -0.384. The molecule has 3 aromatic rings. The first kappa shape index (κ1) is 17.2. The topological polar surface area (TPSA) is 73.8 Å². The maximum Gasteiger partial charge on any atom is 0.271 e. The summed E-state index contributed by atoms with van der Waals surface area (Å²) in [6, 6.07) is 10.8. The van der Waals surface area contributed by atoms with Crippen LogP contribution in [0.2, 0.25) is 0 Å². The van der Waals surface area contributed by atoms with Crippen LogP contribution in [0.15, 0.2) is 50.6 Å². The first-order valence-electron chi connectivity index (χ1n) is 9.05. The minimum absolute atomic E-state index is 0.0540. The third-order valence-electron chi connectivity index (χ3n) is 5.35. The van der Waals surface area contributed by atoms with Crippen LogP contribution >= 0.6 is 11.3 Å². The number of fused-ring (bicyclic) bond motifs is 6. The molecule has 3 atom stereocenters. The van der Waals surface area contributed by atoms with Gasteiger partial charge in [0, 0.05) is 11.6 Å². The number of carbonyl (C=O) groups is 1. The number of ketones is 1. The summed E-state index contributed by atoms with van der Waals surface area (Å²) in [6.07, 6.45) is 1.72. The van der Waals surface area contributed by atoms with E-state index in [9.17, 15) is 9.59 Å². The van der Waals surface area contributed by atoms with E-state index in [0.29, 0.717) is 20.8 Å². The third kappa shape index (κ3) is 2.36. The van der Waals surface area contributed by atoms with Gasteiger partial charge in [-0.2, -0.15) is 0 Å². The quantitative estimate of drug-likeness (QED) is 0.668. The van der Waals surface area contributed by atoms with Gasteiger partial charge in [-0.3, -0.25) is 14.2 Å². The molecule has 0 fully saturated rings. The minimum atomic E-state index is -1.04. The van der Waals surface area contributed by atoms with E-state index < -0.39 is 17.7 Å². The lowest BCUT2D eigenvalue weighted by atomic mass is 9.79. The fourth-order valence-electron chi connectivity index (χ4n) is 4.22. The number of carbonyl (C=O) groups excluding carboxylic acids is 1. The van der Waals surface area contributed by atoms with E-state index in [1.54, 1.807) is 10.6 Å². The van der Waals surface area contributed by atoms with Crippen LogP contribution < -0.4 is 19.6 Å². The summed E-state index contributed by atoms with van der Waals surface area (Å²) in [4.78, 5) is 31.1. The molecule has 0 N–H and O–H groups in total. The molecule has 0 aliphatic carbocycles. The highest BCUT2D eigenvalue weighted by molar-refractivity contribution is 7.07.